The third-order valence-electron chi connectivity index (χ3n) is 11.4. The lowest BCUT2D eigenvalue weighted by Crippen LogP contribution is -2.35. The Labute approximate surface area is 371 Å². The van der Waals surface area contributed by atoms with Crippen LogP contribution in [0, 0.1) is 0 Å². The molecule has 15 heteroatoms. The SMILES string of the molecule is C/C=C1\C[C@H]2C=Nc3cc(OCc4cc(COc5cc6c(cc5OC)C(=O)N5C/C(=C/C)C[C@H]5C=N6)cc(OCCNC(=O)CCC(C)(C)SSC)c4)c(OC)cc3C(=O)N2C1. The number of hydrogen-bond donors (Lipinski definition) is 1. The molecule has 1 N–H and O–H groups in total. The van der Waals surface area contributed by atoms with Gasteiger partial charge < -0.3 is 38.8 Å². The smallest absolute Gasteiger partial charge is 0.257 e. The maximum Gasteiger partial charge on any atom is 0.257 e. The molecular formula is C47H55N5O8S2. The molecule has 7 rings (SSSR count). The summed E-state index contributed by atoms with van der Waals surface area (Å²) in [6.45, 7) is 10.2. The lowest BCUT2D eigenvalue weighted by Gasteiger charge is -2.21. The summed E-state index contributed by atoms with van der Waals surface area (Å²) in [6.07, 6.45) is 12.5. The Morgan fingerprint density at radius 1 is 0.774 bits per heavy atom. The first-order chi connectivity index (χ1) is 29.9. The summed E-state index contributed by atoms with van der Waals surface area (Å²) in [4.78, 5) is 53.1. The van der Waals surface area contributed by atoms with E-state index >= 15 is 0 Å². The number of methoxy groups -OCH3 is 2. The van der Waals surface area contributed by atoms with E-state index in [1.54, 1.807) is 60.1 Å². The number of allylic oxidation sites excluding steroid dienone is 2. The van der Waals surface area contributed by atoms with Gasteiger partial charge in [-0.2, -0.15) is 0 Å². The minimum atomic E-state index is -0.102. The second kappa shape index (κ2) is 19.7. The van der Waals surface area contributed by atoms with Crippen molar-refractivity contribution in [3.05, 3.63) is 88.0 Å². The van der Waals surface area contributed by atoms with Crippen molar-refractivity contribution in [3.63, 3.8) is 0 Å². The number of carbonyl (C=O) groups excluding carboxylic acids is 3. The van der Waals surface area contributed by atoms with Crippen LogP contribution in [0.4, 0.5) is 11.4 Å². The average molecular weight is 882 g/mol. The molecule has 3 aromatic rings. The normalized spacial score (nSPS) is 19.1. The molecule has 3 amide bonds. The molecule has 0 radical (unpaired) electrons. The van der Waals surface area contributed by atoms with Crippen molar-refractivity contribution in [3.8, 4) is 28.7 Å². The van der Waals surface area contributed by atoms with Crippen LogP contribution in [0.3, 0.4) is 0 Å². The molecule has 2 saturated heterocycles. The molecule has 0 bridgehead atoms. The van der Waals surface area contributed by atoms with Gasteiger partial charge in [-0.15, -0.1) is 0 Å². The maximum atomic E-state index is 13.7. The predicted octanol–water partition coefficient (Wildman–Crippen LogP) is 8.68. The van der Waals surface area contributed by atoms with E-state index in [0.29, 0.717) is 77.3 Å². The van der Waals surface area contributed by atoms with Crippen LogP contribution in [0.15, 0.2) is 75.7 Å². The van der Waals surface area contributed by atoms with Crippen molar-refractivity contribution in [1.82, 2.24) is 15.1 Å². The molecule has 13 nitrogen and oxygen atoms in total. The molecule has 328 valence electrons. The van der Waals surface area contributed by atoms with Crippen molar-refractivity contribution in [2.75, 3.05) is 46.7 Å². The lowest BCUT2D eigenvalue weighted by molar-refractivity contribution is -0.121. The highest BCUT2D eigenvalue weighted by molar-refractivity contribution is 8.76. The molecule has 3 aromatic carbocycles. The summed E-state index contributed by atoms with van der Waals surface area (Å²) < 4.78 is 30.4. The first-order valence-electron chi connectivity index (χ1n) is 20.8. The van der Waals surface area contributed by atoms with E-state index in [0.717, 1.165) is 30.4 Å². The number of nitrogens with zero attached hydrogens (tertiary/aromatic N) is 4. The van der Waals surface area contributed by atoms with Gasteiger partial charge in [0.1, 0.15) is 25.6 Å². The molecule has 0 saturated carbocycles. The minimum Gasteiger partial charge on any atom is -0.493 e. The van der Waals surface area contributed by atoms with Crippen LogP contribution in [0.5, 0.6) is 28.7 Å². The van der Waals surface area contributed by atoms with Gasteiger partial charge in [0.25, 0.3) is 11.8 Å². The summed E-state index contributed by atoms with van der Waals surface area (Å²) >= 11 is 0. The second-order valence-electron chi connectivity index (χ2n) is 16.2. The van der Waals surface area contributed by atoms with Crippen LogP contribution in [-0.4, -0.2) is 103 Å². The monoisotopic (exact) mass is 881 g/mol. The van der Waals surface area contributed by atoms with Crippen molar-refractivity contribution >= 4 is 63.1 Å². The highest BCUT2D eigenvalue weighted by atomic mass is 33.1. The third-order valence-corrected chi connectivity index (χ3v) is 14.1. The van der Waals surface area contributed by atoms with Crippen LogP contribution in [-0.2, 0) is 18.0 Å². The molecule has 62 heavy (non-hydrogen) atoms. The highest BCUT2D eigenvalue weighted by Gasteiger charge is 2.36. The quantitative estimate of drug-likeness (QED) is 0.0796. The Hall–Kier alpha value is -5.41. The summed E-state index contributed by atoms with van der Waals surface area (Å²) in [7, 11) is 6.56. The fourth-order valence-electron chi connectivity index (χ4n) is 7.96. The number of nitrogens with one attached hydrogen (secondary N) is 1. The Morgan fingerprint density at radius 2 is 1.29 bits per heavy atom. The molecule has 0 aromatic heterocycles. The first-order valence-corrected chi connectivity index (χ1v) is 23.4. The number of hydrogen-bond acceptors (Lipinski definition) is 12. The molecule has 2 atom stereocenters. The summed E-state index contributed by atoms with van der Waals surface area (Å²) in [6, 6.07) is 12.4. The van der Waals surface area contributed by atoms with E-state index in [1.165, 1.54) is 11.1 Å². The van der Waals surface area contributed by atoms with Gasteiger partial charge in [0.05, 0.1) is 55.3 Å². The van der Waals surface area contributed by atoms with Gasteiger partial charge in [-0.1, -0.05) is 44.9 Å². The molecule has 4 aliphatic heterocycles. The molecule has 0 aliphatic carbocycles. The first kappa shape index (κ1) is 44.6. The Morgan fingerprint density at radius 3 is 1.76 bits per heavy atom. The van der Waals surface area contributed by atoms with E-state index in [9.17, 15) is 14.4 Å². The zero-order chi connectivity index (χ0) is 44.0. The Kier molecular flexibility index (Phi) is 14.2. The number of amides is 3. The van der Waals surface area contributed by atoms with Gasteiger partial charge in [0.2, 0.25) is 5.91 Å². The van der Waals surface area contributed by atoms with Gasteiger partial charge in [0.15, 0.2) is 23.0 Å². The van der Waals surface area contributed by atoms with Crippen molar-refractivity contribution in [1.29, 1.82) is 0 Å². The standard InChI is InChI=1S/C47H55N5O8S2/c1-8-29-15-33-23-49-38-21-42(40(56-5)19-36(38)45(54)51(33)25-29)59-27-31-14-32(18-35(17-31)58-13-12-48-44(53)10-11-47(3,4)62-61-7)28-60-43-22-39-37(20-41(43)57-6)46(55)52-26-30(9-2)16-34(52)24-50-39/h8-9,14,17-24,33-34H,10-13,15-16,25-28H2,1-7H3,(H,48,53)/b29-8+,30-9+/t33-,34-/m0/s1. The van der Waals surface area contributed by atoms with E-state index in [2.05, 4.69) is 31.3 Å². The van der Waals surface area contributed by atoms with E-state index in [-0.39, 0.29) is 54.4 Å². The van der Waals surface area contributed by atoms with Crippen LogP contribution < -0.4 is 29.0 Å². The number of benzene rings is 3. The fraction of sp³-hybridized carbons (Fsp3) is 0.426. The van der Waals surface area contributed by atoms with Crippen LogP contribution in [0.1, 0.15) is 85.2 Å². The van der Waals surface area contributed by atoms with Gasteiger partial charge in [-0.3, -0.25) is 24.4 Å². The zero-order valence-corrected chi connectivity index (χ0v) is 38.1. The lowest BCUT2D eigenvalue weighted by atomic mass is 10.1. The number of fused-ring (bicyclic) bond motifs is 4. The van der Waals surface area contributed by atoms with Crippen molar-refractivity contribution in [2.24, 2.45) is 9.98 Å². The maximum absolute atomic E-state index is 13.7. The topological polar surface area (TPSA) is 141 Å². The number of aliphatic imine (C=N–C) groups is 2. The fourth-order valence-corrected chi connectivity index (χ4v) is 10.2. The largest absolute Gasteiger partial charge is 0.493 e. The van der Waals surface area contributed by atoms with Crippen molar-refractivity contribution < 1.29 is 38.1 Å². The molecule has 4 aliphatic rings. The molecule has 2 fully saturated rings. The number of rotatable bonds is 17. The predicted molar refractivity (Wildman–Crippen MR) is 247 cm³/mol. The zero-order valence-electron chi connectivity index (χ0n) is 36.4. The Bertz CT molecular complexity index is 2190. The molecule has 0 unspecified atom stereocenters. The number of ether oxygens (including phenoxy) is 5. The van der Waals surface area contributed by atoms with Gasteiger partial charge in [-0.05, 0) is 94.7 Å². The van der Waals surface area contributed by atoms with Gasteiger partial charge in [0, 0.05) is 48.8 Å². The summed E-state index contributed by atoms with van der Waals surface area (Å²) in [5.41, 5.74) is 5.93. The van der Waals surface area contributed by atoms with E-state index in [1.807, 2.05) is 60.5 Å². The van der Waals surface area contributed by atoms with Crippen molar-refractivity contribution in [2.45, 2.75) is 83.4 Å². The summed E-state index contributed by atoms with van der Waals surface area (Å²) in [5.74, 6) is 2.05. The molecule has 0 spiro atoms. The summed E-state index contributed by atoms with van der Waals surface area (Å²) in [5, 5.41) is 2.98. The van der Waals surface area contributed by atoms with E-state index < -0.39 is 0 Å². The second-order valence-corrected chi connectivity index (χ2v) is 19.3. The van der Waals surface area contributed by atoms with Gasteiger partial charge in [-0.25, -0.2) is 0 Å². The molecule has 4 heterocycles. The van der Waals surface area contributed by atoms with E-state index in [4.69, 9.17) is 33.7 Å². The minimum absolute atomic E-state index is 0.00388. The molecular weight excluding hydrogens is 827 g/mol. The average Bonchev–Trinajstić information content (AvgIpc) is 3.84. The van der Waals surface area contributed by atoms with Gasteiger partial charge >= 0.3 is 0 Å². The van der Waals surface area contributed by atoms with Crippen LogP contribution in [0.25, 0.3) is 0 Å². The Balaban J connectivity index is 1.09. The highest BCUT2D eigenvalue weighted by Crippen LogP contribution is 2.41. The van der Waals surface area contributed by atoms with Crippen LogP contribution >= 0.6 is 21.6 Å². The third kappa shape index (κ3) is 10.3. The van der Waals surface area contributed by atoms with Crippen LogP contribution in [0.2, 0.25) is 0 Å². The number of carbonyl (C=O) groups is 3.